The van der Waals surface area contributed by atoms with Gasteiger partial charge in [0.2, 0.25) is 0 Å². The van der Waals surface area contributed by atoms with Crippen molar-refractivity contribution in [1.29, 1.82) is 0 Å². The molecule has 0 aromatic rings. The van der Waals surface area contributed by atoms with Gasteiger partial charge in [0, 0.05) is 5.41 Å². The molecule has 0 spiro atoms. The Morgan fingerprint density at radius 1 is 1.33 bits per heavy atom. The monoisotopic (exact) mass is 172 g/mol. The van der Waals surface area contributed by atoms with Crippen molar-refractivity contribution in [3.8, 4) is 0 Å². The summed E-state index contributed by atoms with van der Waals surface area (Å²) in [6.07, 6.45) is 0.494. The van der Waals surface area contributed by atoms with Gasteiger partial charge in [0.05, 0.1) is 12.2 Å². The van der Waals surface area contributed by atoms with Gasteiger partial charge < -0.3 is 14.6 Å². The number of fused-ring (bicyclic) bond motifs is 2. The lowest BCUT2D eigenvalue weighted by molar-refractivity contribution is -0.216. The molecule has 0 aromatic carbocycles. The minimum absolute atomic E-state index is 0.0729. The van der Waals surface area contributed by atoms with Gasteiger partial charge in [-0.2, -0.15) is 0 Å². The molecule has 3 nitrogen and oxygen atoms in total. The van der Waals surface area contributed by atoms with Crippen molar-refractivity contribution in [2.24, 2.45) is 5.41 Å². The van der Waals surface area contributed by atoms with Crippen LogP contribution < -0.4 is 0 Å². The molecule has 0 radical (unpaired) electrons. The number of aliphatic hydroxyl groups is 1. The molecule has 2 aliphatic heterocycles. The Labute approximate surface area is 72.7 Å². The molecule has 1 N–H and O–H groups in total. The summed E-state index contributed by atoms with van der Waals surface area (Å²) in [5.74, 6) is 0. The second-order valence-corrected chi connectivity index (χ2v) is 4.81. The largest absolute Gasteiger partial charge is 0.387 e. The molecule has 2 saturated heterocycles. The van der Waals surface area contributed by atoms with Crippen LogP contribution in [-0.2, 0) is 9.47 Å². The fraction of sp³-hybridized carbons (Fsp3) is 1.00. The molecule has 3 heteroatoms. The minimum Gasteiger partial charge on any atom is -0.387 e. The van der Waals surface area contributed by atoms with Gasteiger partial charge >= 0.3 is 0 Å². The minimum atomic E-state index is -0.726. The summed E-state index contributed by atoms with van der Waals surface area (Å²) < 4.78 is 11.0. The van der Waals surface area contributed by atoms with Gasteiger partial charge in [0.1, 0.15) is 6.10 Å². The van der Waals surface area contributed by atoms with Crippen LogP contribution in [0.15, 0.2) is 0 Å². The van der Waals surface area contributed by atoms with Gasteiger partial charge in [-0.25, -0.2) is 0 Å². The molecule has 70 valence electrons. The first-order chi connectivity index (χ1) is 5.42. The molecular weight excluding hydrogens is 156 g/mol. The fourth-order valence-electron chi connectivity index (χ4n) is 2.26. The van der Waals surface area contributed by atoms with E-state index in [9.17, 15) is 5.11 Å². The van der Waals surface area contributed by atoms with Crippen LogP contribution in [-0.4, -0.2) is 29.7 Å². The lowest BCUT2D eigenvalue weighted by atomic mass is 9.77. The molecule has 2 fully saturated rings. The van der Waals surface area contributed by atoms with E-state index in [4.69, 9.17) is 9.47 Å². The summed E-state index contributed by atoms with van der Waals surface area (Å²) in [5.41, 5.74) is -0.799. The molecule has 0 amide bonds. The molecule has 2 aliphatic rings. The van der Waals surface area contributed by atoms with Gasteiger partial charge in [-0.15, -0.1) is 0 Å². The molecule has 12 heavy (non-hydrogen) atoms. The van der Waals surface area contributed by atoms with Gasteiger partial charge in [-0.1, -0.05) is 13.8 Å². The Hall–Kier alpha value is -0.120. The predicted octanol–water partition coefficient (Wildman–Crippen LogP) is 0.909. The quantitative estimate of drug-likeness (QED) is 0.590. The summed E-state index contributed by atoms with van der Waals surface area (Å²) in [6, 6.07) is 0. The second kappa shape index (κ2) is 2.22. The van der Waals surface area contributed by atoms with Crippen LogP contribution >= 0.6 is 0 Å². The summed E-state index contributed by atoms with van der Waals surface area (Å²) in [4.78, 5) is 0. The smallest absolute Gasteiger partial charge is 0.163 e. The topological polar surface area (TPSA) is 38.7 Å². The van der Waals surface area contributed by atoms with E-state index in [1.54, 1.807) is 0 Å². The molecule has 0 unspecified atom stereocenters. The van der Waals surface area contributed by atoms with Crippen molar-refractivity contribution in [1.82, 2.24) is 0 Å². The lowest BCUT2D eigenvalue weighted by Gasteiger charge is -2.42. The van der Waals surface area contributed by atoms with Crippen molar-refractivity contribution in [3.05, 3.63) is 0 Å². The third-order valence-electron chi connectivity index (χ3n) is 2.83. The van der Waals surface area contributed by atoms with Crippen LogP contribution in [0.2, 0.25) is 0 Å². The molecule has 0 aromatic heterocycles. The van der Waals surface area contributed by atoms with Crippen LogP contribution in [0.5, 0.6) is 0 Å². The molecule has 2 rings (SSSR count). The zero-order chi connectivity index (χ0) is 8.98. The highest BCUT2D eigenvalue weighted by Gasteiger charge is 2.53. The average Bonchev–Trinajstić information content (AvgIpc) is 2.26. The maximum Gasteiger partial charge on any atom is 0.163 e. The van der Waals surface area contributed by atoms with Gasteiger partial charge in [-0.3, -0.25) is 0 Å². The van der Waals surface area contributed by atoms with Crippen LogP contribution in [0.4, 0.5) is 0 Å². The highest BCUT2D eigenvalue weighted by molar-refractivity contribution is 4.98. The fourth-order valence-corrected chi connectivity index (χ4v) is 2.26. The van der Waals surface area contributed by atoms with Crippen molar-refractivity contribution in [2.75, 3.05) is 6.61 Å². The molecule has 3 atom stereocenters. The van der Waals surface area contributed by atoms with E-state index in [1.807, 2.05) is 6.92 Å². The number of hydrogen-bond donors (Lipinski definition) is 1. The SMILES string of the molecule is CC1(C)C[C@@](C)(O)[C@H]2CO[C@H]1O2. The van der Waals surface area contributed by atoms with Crippen LogP contribution in [0, 0.1) is 5.41 Å². The maximum absolute atomic E-state index is 9.99. The van der Waals surface area contributed by atoms with E-state index in [0.717, 1.165) is 6.42 Å². The van der Waals surface area contributed by atoms with Crippen molar-refractivity contribution in [3.63, 3.8) is 0 Å². The number of hydrogen-bond acceptors (Lipinski definition) is 3. The van der Waals surface area contributed by atoms with E-state index in [-0.39, 0.29) is 17.8 Å². The summed E-state index contributed by atoms with van der Waals surface area (Å²) in [6.45, 7) is 6.48. The standard InChI is InChI=1S/C9H16O3/c1-8(2)5-9(3,10)6-4-11-7(8)12-6/h6-7,10H,4-5H2,1-3H3/t6-,7+,9-/m1/s1. The van der Waals surface area contributed by atoms with Crippen LogP contribution in [0.25, 0.3) is 0 Å². The Morgan fingerprint density at radius 3 is 2.67 bits per heavy atom. The van der Waals surface area contributed by atoms with Gasteiger partial charge in [0.25, 0.3) is 0 Å². The highest BCUT2D eigenvalue weighted by atomic mass is 16.7. The lowest BCUT2D eigenvalue weighted by Crippen LogP contribution is -2.51. The number of ether oxygens (including phenoxy) is 2. The Morgan fingerprint density at radius 2 is 2.00 bits per heavy atom. The molecular formula is C9H16O3. The van der Waals surface area contributed by atoms with Crippen LogP contribution in [0.1, 0.15) is 27.2 Å². The Balaban J connectivity index is 2.26. The summed E-state index contributed by atoms with van der Waals surface area (Å²) in [7, 11) is 0. The second-order valence-electron chi connectivity index (χ2n) is 4.81. The van der Waals surface area contributed by atoms with Crippen molar-refractivity contribution in [2.45, 2.75) is 45.2 Å². The zero-order valence-corrected chi connectivity index (χ0v) is 7.83. The Kier molecular flexibility index (Phi) is 1.57. The zero-order valence-electron chi connectivity index (χ0n) is 7.83. The normalized spacial score (nSPS) is 51.0. The average molecular weight is 172 g/mol. The molecule has 2 bridgehead atoms. The Bertz CT molecular complexity index is 178. The summed E-state index contributed by atoms with van der Waals surface area (Å²) in [5, 5.41) is 9.99. The van der Waals surface area contributed by atoms with E-state index >= 15 is 0 Å². The maximum atomic E-state index is 9.99. The van der Waals surface area contributed by atoms with Crippen molar-refractivity contribution < 1.29 is 14.6 Å². The van der Waals surface area contributed by atoms with Crippen LogP contribution in [0.3, 0.4) is 0 Å². The molecule has 0 aliphatic carbocycles. The van der Waals surface area contributed by atoms with E-state index in [1.165, 1.54) is 0 Å². The first kappa shape index (κ1) is 8.48. The molecule has 2 heterocycles. The molecule has 0 saturated carbocycles. The van der Waals surface area contributed by atoms with E-state index in [0.29, 0.717) is 6.61 Å². The van der Waals surface area contributed by atoms with Gasteiger partial charge in [0.15, 0.2) is 6.29 Å². The van der Waals surface area contributed by atoms with Crippen molar-refractivity contribution >= 4 is 0 Å². The van der Waals surface area contributed by atoms with E-state index in [2.05, 4.69) is 13.8 Å². The number of rotatable bonds is 0. The third-order valence-corrected chi connectivity index (χ3v) is 2.83. The van der Waals surface area contributed by atoms with Gasteiger partial charge in [-0.05, 0) is 13.3 Å². The summed E-state index contributed by atoms with van der Waals surface area (Å²) >= 11 is 0. The highest BCUT2D eigenvalue weighted by Crippen LogP contribution is 2.45. The first-order valence-corrected chi connectivity index (χ1v) is 4.41. The first-order valence-electron chi connectivity index (χ1n) is 4.41. The third kappa shape index (κ3) is 1.08. The predicted molar refractivity (Wildman–Crippen MR) is 43.6 cm³/mol. The van der Waals surface area contributed by atoms with E-state index < -0.39 is 5.60 Å².